The molecule has 1 saturated heterocycles. The van der Waals surface area contributed by atoms with Gasteiger partial charge in [0.25, 0.3) is 0 Å². The lowest BCUT2D eigenvalue weighted by Gasteiger charge is -2.19. The van der Waals surface area contributed by atoms with Crippen LogP contribution >= 0.6 is 0 Å². The fourth-order valence-electron chi connectivity index (χ4n) is 0.937. The number of aliphatic hydroxyl groups excluding tert-OH is 1. The number of aliphatic hydroxyl groups is 1. The Bertz CT molecular complexity index is 138. The summed E-state index contributed by atoms with van der Waals surface area (Å²) >= 11 is 0. The molecule has 0 aromatic heterocycles. The van der Waals surface area contributed by atoms with Crippen LogP contribution in [0.4, 0.5) is 0 Å². The fourth-order valence-corrected chi connectivity index (χ4v) is 0.937. The molecule has 0 aliphatic carbocycles. The number of nitrogens with zero attached hydrogens (tertiary/aromatic N) is 1. The normalized spacial score (nSPS) is 33.7. The van der Waals surface area contributed by atoms with Crippen molar-refractivity contribution in [1.29, 1.82) is 0 Å². The molecule has 58 valence electrons. The van der Waals surface area contributed by atoms with Crippen LogP contribution in [0.2, 0.25) is 0 Å². The Labute approximate surface area is 57.8 Å². The lowest BCUT2D eigenvalue weighted by molar-refractivity contribution is -0.533. The van der Waals surface area contributed by atoms with Crippen molar-refractivity contribution in [2.75, 3.05) is 13.2 Å². The van der Waals surface area contributed by atoms with Crippen LogP contribution in [0.5, 0.6) is 0 Å². The van der Waals surface area contributed by atoms with E-state index in [1.54, 1.807) is 0 Å². The Kier molecular flexibility index (Phi) is 2.18. The highest BCUT2D eigenvalue weighted by atomic mass is 16.6. The molecule has 2 unspecified atom stereocenters. The van der Waals surface area contributed by atoms with Crippen LogP contribution in [0.25, 0.3) is 0 Å². The Morgan fingerprint density at radius 1 is 1.60 bits per heavy atom. The summed E-state index contributed by atoms with van der Waals surface area (Å²) in [7, 11) is 0. The van der Waals surface area contributed by atoms with Crippen molar-refractivity contribution in [1.82, 2.24) is 0 Å². The maximum Gasteiger partial charge on any atom is 0.238 e. The fraction of sp³-hybridized carbons (Fsp3) is 1.00. The zero-order valence-corrected chi connectivity index (χ0v) is 5.40. The van der Waals surface area contributed by atoms with Crippen molar-refractivity contribution < 1.29 is 14.8 Å². The average Bonchev–Trinajstić information content (AvgIpc) is 1.88. The molecular formula is C5H9NO4. The number of ether oxygens (including phenoxy) is 1. The summed E-state index contributed by atoms with van der Waals surface area (Å²) in [4.78, 5) is 9.70. The molecule has 0 saturated carbocycles. The molecular weight excluding hydrogens is 138 g/mol. The second-order valence-corrected chi connectivity index (χ2v) is 2.37. The first kappa shape index (κ1) is 7.43. The van der Waals surface area contributed by atoms with E-state index in [1.807, 2.05) is 0 Å². The SMILES string of the molecule is O=[N+]([O-])C1COCC(O)C1. The molecule has 5 nitrogen and oxygen atoms in total. The van der Waals surface area contributed by atoms with Gasteiger partial charge in [-0.2, -0.15) is 0 Å². The van der Waals surface area contributed by atoms with Crippen LogP contribution in [0.1, 0.15) is 6.42 Å². The Morgan fingerprint density at radius 3 is 2.70 bits per heavy atom. The molecule has 1 fully saturated rings. The van der Waals surface area contributed by atoms with Crippen LogP contribution in [0.15, 0.2) is 0 Å². The summed E-state index contributed by atoms with van der Waals surface area (Å²) < 4.78 is 4.76. The first-order valence-corrected chi connectivity index (χ1v) is 3.09. The quantitative estimate of drug-likeness (QED) is 0.397. The number of rotatable bonds is 1. The first-order chi connectivity index (χ1) is 4.70. The van der Waals surface area contributed by atoms with Crippen LogP contribution in [-0.2, 0) is 4.74 Å². The van der Waals surface area contributed by atoms with Gasteiger partial charge in [0.1, 0.15) is 6.61 Å². The van der Waals surface area contributed by atoms with Gasteiger partial charge in [0.2, 0.25) is 6.04 Å². The average molecular weight is 147 g/mol. The molecule has 0 aromatic carbocycles. The van der Waals surface area contributed by atoms with Crippen LogP contribution in [-0.4, -0.2) is 35.4 Å². The zero-order valence-electron chi connectivity index (χ0n) is 5.40. The molecule has 0 bridgehead atoms. The van der Waals surface area contributed by atoms with Gasteiger partial charge in [-0.1, -0.05) is 0 Å². The number of hydrogen-bond donors (Lipinski definition) is 1. The van der Waals surface area contributed by atoms with Gasteiger partial charge in [-0.3, -0.25) is 10.1 Å². The predicted molar refractivity (Wildman–Crippen MR) is 32.2 cm³/mol. The molecule has 1 N–H and O–H groups in total. The van der Waals surface area contributed by atoms with Crippen molar-refractivity contribution in [3.63, 3.8) is 0 Å². The molecule has 2 atom stereocenters. The highest BCUT2D eigenvalue weighted by molar-refractivity contribution is 4.68. The maximum absolute atomic E-state index is 10.1. The smallest absolute Gasteiger partial charge is 0.238 e. The summed E-state index contributed by atoms with van der Waals surface area (Å²) in [6.45, 7) is 0.356. The van der Waals surface area contributed by atoms with E-state index >= 15 is 0 Å². The van der Waals surface area contributed by atoms with Gasteiger partial charge in [-0.15, -0.1) is 0 Å². The molecule has 0 amide bonds. The van der Waals surface area contributed by atoms with E-state index in [2.05, 4.69) is 0 Å². The molecule has 10 heavy (non-hydrogen) atoms. The van der Waals surface area contributed by atoms with Crippen molar-refractivity contribution in [3.8, 4) is 0 Å². The van der Waals surface area contributed by atoms with E-state index in [1.165, 1.54) is 0 Å². The molecule has 1 rings (SSSR count). The summed E-state index contributed by atoms with van der Waals surface area (Å²) in [6, 6.07) is -0.719. The van der Waals surface area contributed by atoms with Gasteiger partial charge in [0.05, 0.1) is 12.7 Å². The predicted octanol–water partition coefficient (Wildman–Crippen LogP) is -0.587. The van der Waals surface area contributed by atoms with Gasteiger partial charge in [-0.25, -0.2) is 0 Å². The van der Waals surface area contributed by atoms with E-state index in [-0.39, 0.29) is 19.6 Å². The van der Waals surface area contributed by atoms with E-state index < -0.39 is 17.1 Å². The lowest BCUT2D eigenvalue weighted by Crippen LogP contribution is -2.37. The van der Waals surface area contributed by atoms with Crippen LogP contribution in [0, 0.1) is 10.1 Å². The topological polar surface area (TPSA) is 72.6 Å². The van der Waals surface area contributed by atoms with E-state index in [0.717, 1.165) is 0 Å². The summed E-state index contributed by atoms with van der Waals surface area (Å²) in [5.41, 5.74) is 0. The highest BCUT2D eigenvalue weighted by Crippen LogP contribution is 2.09. The minimum Gasteiger partial charge on any atom is -0.390 e. The van der Waals surface area contributed by atoms with Crippen molar-refractivity contribution in [2.45, 2.75) is 18.6 Å². The minimum atomic E-state index is -0.719. The zero-order chi connectivity index (χ0) is 7.56. The van der Waals surface area contributed by atoms with Gasteiger partial charge in [0.15, 0.2) is 0 Å². The summed E-state index contributed by atoms with van der Waals surface area (Å²) in [5.74, 6) is 0. The standard InChI is InChI=1S/C5H9NO4/c7-5-1-4(6(8)9)2-10-3-5/h4-5,7H,1-3H2. The second-order valence-electron chi connectivity index (χ2n) is 2.37. The van der Waals surface area contributed by atoms with Gasteiger partial charge in [-0.05, 0) is 0 Å². The van der Waals surface area contributed by atoms with E-state index in [9.17, 15) is 10.1 Å². The molecule has 0 aromatic rings. The third-order valence-electron chi connectivity index (χ3n) is 1.46. The monoisotopic (exact) mass is 147 g/mol. The van der Waals surface area contributed by atoms with Gasteiger partial charge in [0, 0.05) is 11.3 Å². The molecule has 5 heteroatoms. The van der Waals surface area contributed by atoms with Crippen LogP contribution < -0.4 is 0 Å². The molecule has 0 spiro atoms. The largest absolute Gasteiger partial charge is 0.390 e. The van der Waals surface area contributed by atoms with E-state index in [0.29, 0.717) is 0 Å². The minimum absolute atomic E-state index is 0.129. The second kappa shape index (κ2) is 2.94. The molecule has 1 aliphatic heterocycles. The van der Waals surface area contributed by atoms with Crippen molar-refractivity contribution in [2.24, 2.45) is 0 Å². The Hall–Kier alpha value is -0.680. The number of hydrogen-bond acceptors (Lipinski definition) is 4. The molecule has 0 radical (unpaired) electrons. The van der Waals surface area contributed by atoms with Gasteiger partial charge >= 0.3 is 0 Å². The highest BCUT2D eigenvalue weighted by Gasteiger charge is 2.28. The Morgan fingerprint density at radius 2 is 2.30 bits per heavy atom. The summed E-state index contributed by atoms with van der Waals surface area (Å²) in [5, 5.41) is 19.0. The molecule has 1 heterocycles. The first-order valence-electron chi connectivity index (χ1n) is 3.09. The van der Waals surface area contributed by atoms with Crippen LogP contribution in [0.3, 0.4) is 0 Å². The van der Waals surface area contributed by atoms with Gasteiger partial charge < -0.3 is 9.84 Å². The van der Waals surface area contributed by atoms with E-state index in [4.69, 9.17) is 9.84 Å². The third kappa shape index (κ3) is 1.65. The maximum atomic E-state index is 10.1. The Balaban J connectivity index is 2.39. The van der Waals surface area contributed by atoms with Crippen molar-refractivity contribution in [3.05, 3.63) is 10.1 Å². The molecule has 1 aliphatic rings. The van der Waals surface area contributed by atoms with Crippen molar-refractivity contribution >= 4 is 0 Å². The number of nitro groups is 1. The third-order valence-corrected chi connectivity index (χ3v) is 1.46. The summed E-state index contributed by atoms with van der Waals surface area (Å²) in [6.07, 6.45) is -0.448. The lowest BCUT2D eigenvalue weighted by atomic mass is 10.1.